The van der Waals surface area contributed by atoms with E-state index in [0.717, 1.165) is 21.9 Å². The molecule has 2 amide bonds. The summed E-state index contributed by atoms with van der Waals surface area (Å²) in [7, 11) is 0. The third-order valence-corrected chi connectivity index (χ3v) is 10.00. The Balaban J connectivity index is 1.41. The number of aromatic amines is 1. The summed E-state index contributed by atoms with van der Waals surface area (Å²) in [5.74, 6) is -2.03. The first-order valence-electron chi connectivity index (χ1n) is 10.3. The molecule has 4 aliphatic rings. The Kier molecular flexibility index (Phi) is 4.20. The van der Waals surface area contributed by atoms with Crippen molar-refractivity contribution >= 4 is 40.9 Å². The van der Waals surface area contributed by atoms with Crippen molar-refractivity contribution in [2.75, 3.05) is 6.54 Å². The van der Waals surface area contributed by atoms with Gasteiger partial charge in [0.05, 0.1) is 23.3 Å². The molecule has 3 fully saturated rings. The van der Waals surface area contributed by atoms with E-state index in [-0.39, 0.29) is 70.4 Å². The van der Waals surface area contributed by atoms with Crippen molar-refractivity contribution in [3.8, 4) is 0 Å². The topological polar surface area (TPSA) is 120 Å². The molecule has 0 radical (unpaired) electrons. The van der Waals surface area contributed by atoms with Gasteiger partial charge in [0, 0.05) is 35.0 Å². The van der Waals surface area contributed by atoms with Crippen molar-refractivity contribution in [3.05, 3.63) is 44.6 Å². The predicted molar refractivity (Wildman–Crippen MR) is 112 cm³/mol. The van der Waals surface area contributed by atoms with E-state index < -0.39 is 5.97 Å². The molecular formula is C21H19N3O5S2. The molecule has 2 aliphatic heterocycles. The Bertz CT molecular complexity index is 1160. The monoisotopic (exact) mass is 457 g/mol. The number of carbonyl (C=O) groups excluding carboxylic acids is 2. The lowest BCUT2D eigenvalue weighted by Crippen LogP contribution is -2.42. The zero-order valence-corrected chi connectivity index (χ0v) is 17.9. The van der Waals surface area contributed by atoms with Crippen molar-refractivity contribution in [2.45, 2.75) is 29.0 Å². The summed E-state index contributed by atoms with van der Waals surface area (Å²) in [4.78, 5) is 58.8. The van der Waals surface area contributed by atoms with Gasteiger partial charge in [0.15, 0.2) is 0 Å². The van der Waals surface area contributed by atoms with Gasteiger partial charge in [-0.1, -0.05) is 17.4 Å². The predicted octanol–water partition coefficient (Wildman–Crippen LogP) is 1.78. The number of nitrogens with zero attached hydrogens (tertiary/aromatic N) is 2. The fraction of sp³-hybridized carbons (Fsp3) is 0.476. The second-order valence-corrected chi connectivity index (χ2v) is 10.9. The number of pyridine rings is 1. The van der Waals surface area contributed by atoms with Crippen LogP contribution in [0.25, 0.3) is 0 Å². The molecule has 2 aromatic rings. The van der Waals surface area contributed by atoms with Crippen LogP contribution in [0.4, 0.5) is 0 Å². The minimum atomic E-state index is -1.02. The molecule has 160 valence electrons. The van der Waals surface area contributed by atoms with Crippen LogP contribution in [0.3, 0.4) is 0 Å². The van der Waals surface area contributed by atoms with E-state index in [1.807, 2.05) is 18.3 Å². The van der Waals surface area contributed by atoms with E-state index in [4.69, 9.17) is 5.11 Å². The first-order valence-corrected chi connectivity index (χ1v) is 12.0. The largest absolute Gasteiger partial charge is 0.481 e. The van der Waals surface area contributed by atoms with Crippen molar-refractivity contribution in [3.63, 3.8) is 0 Å². The Morgan fingerprint density at radius 3 is 2.71 bits per heavy atom. The Labute approximate surface area is 185 Å². The SMILES string of the molecule is O=C(O)CCN1C(=O)[C@@H]2[C@@H]3C[C@@H]([C@H]4Sc5[nH]c(=O)sc5[C@@H](c5cccnc5)[C@@H]34)[C@@H]2C1=O. The number of likely N-dealkylation sites (tertiary alicyclic amines) is 1. The minimum absolute atomic E-state index is 0.0363. The second kappa shape index (κ2) is 6.77. The molecule has 1 saturated heterocycles. The number of rotatable bonds is 4. The quantitative estimate of drug-likeness (QED) is 0.672. The standard InChI is InChI=1S/C21H19N3O5S2/c25-11(26)3-5-24-19(27)14-9-6-10(15(14)20(24)28)16-13(9)12(8-2-1-4-22-7-8)17-18(30-16)23-21(29)31-17/h1-2,4,7,9-10,12-16H,3,5-6H2,(H,23,29)(H,25,26)/t9-,10-,12+,13-,14-,15+,16-/m1/s1. The van der Waals surface area contributed by atoms with Crippen LogP contribution in [-0.4, -0.2) is 49.6 Å². The Morgan fingerprint density at radius 1 is 1.23 bits per heavy atom. The summed E-state index contributed by atoms with van der Waals surface area (Å²) in [5, 5.41) is 10.0. The lowest BCUT2D eigenvalue weighted by molar-refractivity contribution is -0.142. The number of carbonyl (C=O) groups is 3. The van der Waals surface area contributed by atoms with Crippen LogP contribution in [0, 0.1) is 29.6 Å². The molecule has 4 heterocycles. The maximum atomic E-state index is 13.2. The van der Waals surface area contributed by atoms with E-state index >= 15 is 0 Å². The number of aliphatic carboxylic acids is 1. The van der Waals surface area contributed by atoms with E-state index in [0.29, 0.717) is 0 Å². The molecule has 10 heteroatoms. The molecule has 2 N–H and O–H groups in total. The number of amides is 2. The number of hydrogen-bond acceptors (Lipinski definition) is 7. The number of fused-ring (bicyclic) bond motifs is 9. The molecule has 0 aromatic carbocycles. The zero-order valence-electron chi connectivity index (χ0n) is 16.3. The molecule has 0 spiro atoms. The number of carboxylic acids is 1. The highest BCUT2D eigenvalue weighted by Gasteiger charge is 2.69. The van der Waals surface area contributed by atoms with Crippen molar-refractivity contribution in [1.29, 1.82) is 0 Å². The number of thiazole rings is 1. The molecule has 2 aliphatic carbocycles. The van der Waals surface area contributed by atoms with Crippen molar-refractivity contribution < 1.29 is 19.5 Å². The molecule has 6 rings (SSSR count). The number of thioether (sulfide) groups is 1. The third kappa shape index (κ3) is 2.64. The summed E-state index contributed by atoms with van der Waals surface area (Å²) in [6.45, 7) is -0.0609. The molecular weight excluding hydrogens is 438 g/mol. The first kappa shape index (κ1) is 19.2. The van der Waals surface area contributed by atoms with E-state index in [9.17, 15) is 19.2 Å². The van der Waals surface area contributed by atoms with E-state index in [1.54, 1.807) is 18.0 Å². The molecule has 7 atom stereocenters. The lowest BCUT2D eigenvalue weighted by atomic mass is 9.68. The van der Waals surface area contributed by atoms with Gasteiger partial charge in [-0.15, -0.1) is 11.8 Å². The number of H-pyrrole nitrogens is 1. The minimum Gasteiger partial charge on any atom is -0.481 e. The Hall–Kier alpha value is -2.46. The molecule has 2 saturated carbocycles. The van der Waals surface area contributed by atoms with Gasteiger partial charge in [-0.3, -0.25) is 29.1 Å². The van der Waals surface area contributed by atoms with Crippen LogP contribution in [0.1, 0.15) is 29.2 Å². The molecule has 0 unspecified atom stereocenters. The van der Waals surface area contributed by atoms with Gasteiger partial charge < -0.3 is 10.1 Å². The first-order chi connectivity index (χ1) is 15.0. The van der Waals surface area contributed by atoms with Crippen LogP contribution >= 0.6 is 23.1 Å². The number of aromatic nitrogens is 2. The summed E-state index contributed by atoms with van der Waals surface area (Å²) >= 11 is 2.86. The molecule has 31 heavy (non-hydrogen) atoms. The Morgan fingerprint density at radius 2 is 2.00 bits per heavy atom. The second-order valence-electron chi connectivity index (χ2n) is 8.72. The highest BCUT2D eigenvalue weighted by molar-refractivity contribution is 8.00. The lowest BCUT2D eigenvalue weighted by Gasteiger charge is -2.42. The molecule has 2 bridgehead atoms. The summed E-state index contributed by atoms with van der Waals surface area (Å²) in [6.07, 6.45) is 4.13. The molecule has 8 nitrogen and oxygen atoms in total. The highest BCUT2D eigenvalue weighted by atomic mass is 32.2. The number of hydrogen-bond donors (Lipinski definition) is 2. The van der Waals surface area contributed by atoms with Crippen LogP contribution < -0.4 is 4.87 Å². The fourth-order valence-corrected chi connectivity index (χ4v) is 9.33. The van der Waals surface area contributed by atoms with Crippen LogP contribution in [-0.2, 0) is 14.4 Å². The smallest absolute Gasteiger partial charge is 0.305 e. The highest BCUT2D eigenvalue weighted by Crippen LogP contribution is 2.68. The average Bonchev–Trinajstić information content (AvgIpc) is 3.46. The fourth-order valence-electron chi connectivity index (χ4n) is 6.44. The van der Waals surface area contributed by atoms with E-state index in [2.05, 4.69) is 9.97 Å². The third-order valence-electron chi connectivity index (χ3n) is 7.41. The van der Waals surface area contributed by atoms with Crippen LogP contribution in [0.2, 0.25) is 0 Å². The molecule has 2 aromatic heterocycles. The number of carboxylic acid groups (broad SMARTS) is 1. The van der Waals surface area contributed by atoms with Crippen LogP contribution in [0.5, 0.6) is 0 Å². The zero-order chi connectivity index (χ0) is 21.4. The maximum absolute atomic E-state index is 13.2. The number of imide groups is 1. The van der Waals surface area contributed by atoms with Gasteiger partial charge in [0.1, 0.15) is 0 Å². The van der Waals surface area contributed by atoms with Crippen LogP contribution in [0.15, 0.2) is 34.3 Å². The van der Waals surface area contributed by atoms with Gasteiger partial charge in [-0.25, -0.2) is 0 Å². The van der Waals surface area contributed by atoms with Gasteiger partial charge in [0.2, 0.25) is 11.8 Å². The maximum Gasteiger partial charge on any atom is 0.305 e. The van der Waals surface area contributed by atoms with Gasteiger partial charge >= 0.3 is 10.8 Å². The summed E-state index contributed by atoms with van der Waals surface area (Å²) < 4.78 is 0. The van der Waals surface area contributed by atoms with Gasteiger partial charge in [-0.05, 0) is 35.8 Å². The van der Waals surface area contributed by atoms with Crippen molar-refractivity contribution in [2.24, 2.45) is 29.6 Å². The number of nitrogens with one attached hydrogen (secondary N) is 1. The summed E-state index contributed by atoms with van der Waals surface area (Å²) in [5.41, 5.74) is 1.03. The summed E-state index contributed by atoms with van der Waals surface area (Å²) in [6, 6.07) is 3.90. The van der Waals surface area contributed by atoms with E-state index in [1.165, 1.54) is 16.2 Å². The average molecular weight is 458 g/mol. The normalized spacial score (nSPS) is 35.2. The van der Waals surface area contributed by atoms with Gasteiger partial charge in [-0.2, -0.15) is 0 Å². The van der Waals surface area contributed by atoms with Crippen molar-refractivity contribution in [1.82, 2.24) is 14.9 Å². The van der Waals surface area contributed by atoms with Gasteiger partial charge in [0.25, 0.3) is 0 Å².